The standard InChI is InChI=1S/C21H22N2O3S2/c1-13-8-9-16-17(11-22)20(28-18(16)10-13)23-19(24)12-26-21(25)14(2)27-15-6-4-3-5-7-15/h3-7,13-14H,8-10,12H2,1-2H3,(H,23,24)/t13-,14-/m1/s1. The van der Waals surface area contributed by atoms with Crippen molar-refractivity contribution >= 4 is 40.0 Å². The lowest BCUT2D eigenvalue weighted by Crippen LogP contribution is -2.24. The second kappa shape index (κ2) is 9.26. The minimum Gasteiger partial charge on any atom is -0.455 e. The molecule has 2 atom stereocenters. The van der Waals surface area contributed by atoms with Crippen molar-refractivity contribution in [3.05, 3.63) is 46.3 Å². The number of carbonyl (C=O) groups is 2. The third-order valence-electron chi connectivity index (χ3n) is 4.61. The van der Waals surface area contributed by atoms with E-state index in [1.165, 1.54) is 28.0 Å². The fourth-order valence-electron chi connectivity index (χ4n) is 3.13. The minimum atomic E-state index is -0.441. The first kappa shape index (κ1) is 20.4. The highest BCUT2D eigenvalue weighted by Gasteiger charge is 2.25. The van der Waals surface area contributed by atoms with E-state index in [0.717, 1.165) is 29.7 Å². The Morgan fingerprint density at radius 2 is 2.14 bits per heavy atom. The third-order valence-corrected chi connectivity index (χ3v) is 6.87. The number of thiophene rings is 1. The van der Waals surface area contributed by atoms with Gasteiger partial charge in [0.15, 0.2) is 6.61 Å². The fraction of sp³-hybridized carbons (Fsp3) is 0.381. The Labute approximate surface area is 173 Å². The first-order valence-electron chi connectivity index (χ1n) is 9.20. The van der Waals surface area contributed by atoms with Gasteiger partial charge in [0.25, 0.3) is 5.91 Å². The zero-order valence-electron chi connectivity index (χ0n) is 15.9. The van der Waals surface area contributed by atoms with Gasteiger partial charge in [0.1, 0.15) is 16.3 Å². The van der Waals surface area contributed by atoms with Crippen molar-refractivity contribution in [1.82, 2.24) is 0 Å². The number of carbonyl (C=O) groups excluding carboxylic acids is 2. The summed E-state index contributed by atoms with van der Waals surface area (Å²) in [5.74, 6) is -0.275. The first-order valence-corrected chi connectivity index (χ1v) is 10.9. The highest BCUT2D eigenvalue weighted by atomic mass is 32.2. The predicted molar refractivity (Wildman–Crippen MR) is 112 cm³/mol. The normalized spacial score (nSPS) is 16.5. The largest absolute Gasteiger partial charge is 0.455 e. The Hall–Kier alpha value is -2.30. The Morgan fingerprint density at radius 1 is 1.39 bits per heavy atom. The number of hydrogen-bond donors (Lipinski definition) is 1. The molecule has 0 radical (unpaired) electrons. The molecule has 1 aromatic carbocycles. The maximum atomic E-state index is 12.2. The molecule has 1 aromatic heterocycles. The summed E-state index contributed by atoms with van der Waals surface area (Å²) in [6.07, 6.45) is 2.86. The van der Waals surface area contributed by atoms with Gasteiger partial charge in [-0.25, -0.2) is 0 Å². The van der Waals surface area contributed by atoms with Gasteiger partial charge < -0.3 is 10.1 Å². The van der Waals surface area contributed by atoms with E-state index in [-0.39, 0.29) is 6.61 Å². The summed E-state index contributed by atoms with van der Waals surface area (Å²) >= 11 is 2.85. The highest BCUT2D eigenvalue weighted by Crippen LogP contribution is 2.39. The molecule has 1 aliphatic rings. The Balaban J connectivity index is 1.55. The van der Waals surface area contributed by atoms with E-state index in [1.54, 1.807) is 6.92 Å². The maximum absolute atomic E-state index is 12.2. The lowest BCUT2D eigenvalue weighted by molar-refractivity contribution is -0.146. The predicted octanol–water partition coefficient (Wildman–Crippen LogP) is 4.41. The number of benzene rings is 1. The van der Waals surface area contributed by atoms with E-state index >= 15 is 0 Å². The summed E-state index contributed by atoms with van der Waals surface area (Å²) < 4.78 is 5.15. The molecule has 0 fully saturated rings. The molecule has 2 aromatic rings. The van der Waals surface area contributed by atoms with E-state index in [9.17, 15) is 14.9 Å². The maximum Gasteiger partial charge on any atom is 0.319 e. The molecule has 0 bridgehead atoms. The monoisotopic (exact) mass is 414 g/mol. The van der Waals surface area contributed by atoms with Crippen molar-refractivity contribution in [2.24, 2.45) is 5.92 Å². The molecule has 1 aliphatic carbocycles. The Bertz CT molecular complexity index is 902. The summed E-state index contributed by atoms with van der Waals surface area (Å²) in [4.78, 5) is 26.5. The molecule has 0 spiro atoms. The smallest absolute Gasteiger partial charge is 0.319 e. The van der Waals surface area contributed by atoms with Gasteiger partial charge in [0, 0.05) is 9.77 Å². The molecular formula is C21H22N2O3S2. The van der Waals surface area contributed by atoms with Crippen LogP contribution >= 0.6 is 23.1 Å². The van der Waals surface area contributed by atoms with Crippen LogP contribution in [0.5, 0.6) is 0 Å². The molecule has 146 valence electrons. The van der Waals surface area contributed by atoms with Crippen LogP contribution in [0, 0.1) is 17.2 Å². The Kier molecular flexibility index (Phi) is 6.76. The molecule has 0 aliphatic heterocycles. The number of esters is 1. The number of fused-ring (bicyclic) bond motifs is 1. The summed E-state index contributed by atoms with van der Waals surface area (Å²) in [5.41, 5.74) is 1.62. The van der Waals surface area contributed by atoms with E-state index in [2.05, 4.69) is 18.3 Å². The van der Waals surface area contributed by atoms with Crippen LogP contribution in [0.4, 0.5) is 5.00 Å². The number of nitriles is 1. The van der Waals surface area contributed by atoms with Crippen LogP contribution in [0.15, 0.2) is 35.2 Å². The van der Waals surface area contributed by atoms with Crippen LogP contribution in [0.2, 0.25) is 0 Å². The minimum absolute atomic E-state index is 0.359. The average molecular weight is 415 g/mol. The zero-order valence-corrected chi connectivity index (χ0v) is 17.5. The van der Waals surface area contributed by atoms with Gasteiger partial charge in [-0.3, -0.25) is 9.59 Å². The van der Waals surface area contributed by atoms with Crippen molar-refractivity contribution in [2.45, 2.75) is 43.3 Å². The Morgan fingerprint density at radius 3 is 2.86 bits per heavy atom. The molecule has 1 heterocycles. The van der Waals surface area contributed by atoms with Gasteiger partial charge in [-0.15, -0.1) is 23.1 Å². The lowest BCUT2D eigenvalue weighted by atomic mass is 9.89. The summed E-state index contributed by atoms with van der Waals surface area (Å²) in [6.45, 7) is 3.59. The van der Waals surface area contributed by atoms with Gasteiger partial charge >= 0.3 is 5.97 Å². The number of anilines is 1. The third kappa shape index (κ3) is 4.94. The van der Waals surface area contributed by atoms with Crippen molar-refractivity contribution in [2.75, 3.05) is 11.9 Å². The molecule has 0 saturated heterocycles. The average Bonchev–Trinajstić information content (AvgIpc) is 3.02. The number of rotatable bonds is 6. The van der Waals surface area contributed by atoms with E-state index in [4.69, 9.17) is 4.74 Å². The van der Waals surface area contributed by atoms with Crippen LogP contribution < -0.4 is 5.32 Å². The number of nitrogens with zero attached hydrogens (tertiary/aromatic N) is 1. The van der Waals surface area contributed by atoms with Crippen molar-refractivity contribution in [3.8, 4) is 6.07 Å². The van der Waals surface area contributed by atoms with Crippen molar-refractivity contribution < 1.29 is 14.3 Å². The van der Waals surface area contributed by atoms with Crippen LogP contribution in [-0.4, -0.2) is 23.7 Å². The van der Waals surface area contributed by atoms with Crippen LogP contribution in [0.1, 0.15) is 36.3 Å². The van der Waals surface area contributed by atoms with Gasteiger partial charge in [-0.2, -0.15) is 5.26 Å². The highest BCUT2D eigenvalue weighted by molar-refractivity contribution is 8.00. The number of nitrogens with one attached hydrogen (secondary N) is 1. The van der Waals surface area contributed by atoms with Crippen molar-refractivity contribution in [1.29, 1.82) is 5.26 Å². The van der Waals surface area contributed by atoms with Crippen LogP contribution in [0.3, 0.4) is 0 Å². The molecule has 3 rings (SSSR count). The van der Waals surface area contributed by atoms with Crippen molar-refractivity contribution in [3.63, 3.8) is 0 Å². The molecule has 0 unspecified atom stereocenters. The summed E-state index contributed by atoms with van der Waals surface area (Å²) in [5, 5.41) is 12.4. The lowest BCUT2D eigenvalue weighted by Gasteiger charge is -2.17. The summed E-state index contributed by atoms with van der Waals surface area (Å²) in [6, 6.07) is 11.8. The summed E-state index contributed by atoms with van der Waals surface area (Å²) in [7, 11) is 0. The molecule has 7 heteroatoms. The number of amides is 1. The number of hydrogen-bond acceptors (Lipinski definition) is 6. The van der Waals surface area contributed by atoms with E-state index < -0.39 is 17.1 Å². The molecule has 28 heavy (non-hydrogen) atoms. The van der Waals surface area contributed by atoms with Crippen LogP contribution in [0.25, 0.3) is 0 Å². The molecule has 5 nitrogen and oxygen atoms in total. The second-order valence-electron chi connectivity index (χ2n) is 6.90. The zero-order chi connectivity index (χ0) is 20.1. The quantitative estimate of drug-likeness (QED) is 0.560. The molecule has 1 amide bonds. The molecular weight excluding hydrogens is 392 g/mol. The van der Waals surface area contributed by atoms with Gasteiger partial charge in [0.2, 0.25) is 0 Å². The second-order valence-corrected chi connectivity index (χ2v) is 9.42. The van der Waals surface area contributed by atoms with E-state index in [0.29, 0.717) is 16.5 Å². The topological polar surface area (TPSA) is 79.2 Å². The van der Waals surface area contributed by atoms with Gasteiger partial charge in [-0.1, -0.05) is 25.1 Å². The van der Waals surface area contributed by atoms with Gasteiger partial charge in [-0.05, 0) is 49.8 Å². The fourth-order valence-corrected chi connectivity index (χ4v) is 5.39. The number of thioether (sulfide) groups is 1. The molecule has 1 N–H and O–H groups in total. The van der Waals surface area contributed by atoms with Crippen LogP contribution in [-0.2, 0) is 27.2 Å². The molecule has 0 saturated carbocycles. The van der Waals surface area contributed by atoms with Gasteiger partial charge in [0.05, 0.1) is 5.56 Å². The van der Waals surface area contributed by atoms with E-state index in [1.807, 2.05) is 30.3 Å². The first-order chi connectivity index (χ1) is 13.5. The SMILES string of the molecule is C[C@@H]1CCc2c(sc(NC(=O)COC(=O)[C@@H](C)Sc3ccccc3)c2C#N)C1. The number of ether oxygens (including phenoxy) is 1.